The molecule has 1 aromatic heterocycles. The number of allylic oxidation sites excluding steroid dienone is 1. The molecule has 1 N–H and O–H groups in total. The van der Waals surface area contributed by atoms with Crippen LogP contribution in [0.15, 0.2) is 27.9 Å². The number of rotatable bonds is 3. The molecule has 0 amide bonds. The lowest BCUT2D eigenvalue weighted by Crippen LogP contribution is -2.31. The Balaban J connectivity index is 3.11. The molecule has 0 bridgehead atoms. The van der Waals surface area contributed by atoms with Crippen molar-refractivity contribution in [2.75, 3.05) is 5.88 Å². The highest BCUT2D eigenvalue weighted by Crippen LogP contribution is 1.96. The van der Waals surface area contributed by atoms with E-state index in [0.29, 0.717) is 18.0 Å². The first-order chi connectivity index (χ1) is 6.54. The average Bonchev–Trinajstić information content (AvgIpc) is 2.14. The van der Waals surface area contributed by atoms with Crippen LogP contribution in [0, 0.1) is 6.92 Å². The summed E-state index contributed by atoms with van der Waals surface area (Å²) in [5, 5.41) is 0. The van der Waals surface area contributed by atoms with Gasteiger partial charge in [0.25, 0.3) is 5.56 Å². The summed E-state index contributed by atoms with van der Waals surface area (Å²) in [6.07, 6.45) is 1.50. The molecule has 76 valence electrons. The zero-order chi connectivity index (χ0) is 10.7. The van der Waals surface area contributed by atoms with Crippen LogP contribution in [-0.4, -0.2) is 15.4 Å². The topological polar surface area (TPSA) is 54.9 Å². The van der Waals surface area contributed by atoms with E-state index in [1.807, 2.05) is 0 Å². The van der Waals surface area contributed by atoms with Crippen molar-refractivity contribution in [1.29, 1.82) is 0 Å². The second kappa shape index (κ2) is 4.28. The first-order valence-corrected chi connectivity index (χ1v) is 4.61. The van der Waals surface area contributed by atoms with Crippen LogP contribution in [0.1, 0.15) is 5.56 Å². The third-order valence-electron chi connectivity index (χ3n) is 1.77. The Morgan fingerprint density at radius 1 is 1.64 bits per heavy atom. The Kier molecular flexibility index (Phi) is 3.30. The van der Waals surface area contributed by atoms with Crippen molar-refractivity contribution in [2.45, 2.75) is 13.5 Å². The zero-order valence-corrected chi connectivity index (χ0v) is 8.60. The van der Waals surface area contributed by atoms with E-state index in [9.17, 15) is 9.59 Å². The van der Waals surface area contributed by atoms with E-state index in [2.05, 4.69) is 11.6 Å². The van der Waals surface area contributed by atoms with Crippen LogP contribution in [0.3, 0.4) is 0 Å². The average molecular weight is 215 g/mol. The maximum Gasteiger partial charge on any atom is 0.328 e. The molecular weight excluding hydrogens is 204 g/mol. The van der Waals surface area contributed by atoms with Crippen molar-refractivity contribution in [3.63, 3.8) is 0 Å². The Hall–Kier alpha value is -1.29. The SMILES string of the molecule is C=C(CCl)Cn1cc(C)c(=O)[nH]c1=O. The van der Waals surface area contributed by atoms with Crippen LogP contribution in [0.5, 0.6) is 0 Å². The zero-order valence-electron chi connectivity index (χ0n) is 7.84. The van der Waals surface area contributed by atoms with Crippen molar-refractivity contribution in [3.05, 3.63) is 44.8 Å². The Bertz CT molecular complexity index is 459. The van der Waals surface area contributed by atoms with E-state index in [1.54, 1.807) is 6.92 Å². The van der Waals surface area contributed by atoms with Gasteiger partial charge in [0.2, 0.25) is 0 Å². The summed E-state index contributed by atoms with van der Waals surface area (Å²) in [5.41, 5.74) is 0.418. The van der Waals surface area contributed by atoms with Gasteiger partial charge in [0, 0.05) is 24.2 Å². The van der Waals surface area contributed by atoms with E-state index in [1.165, 1.54) is 10.8 Å². The first kappa shape index (κ1) is 10.8. The molecule has 1 rings (SSSR count). The number of hydrogen-bond donors (Lipinski definition) is 1. The summed E-state index contributed by atoms with van der Waals surface area (Å²) in [6.45, 7) is 5.65. The van der Waals surface area contributed by atoms with Gasteiger partial charge in [-0.3, -0.25) is 14.3 Å². The Morgan fingerprint density at radius 2 is 2.29 bits per heavy atom. The maximum atomic E-state index is 11.3. The lowest BCUT2D eigenvalue weighted by molar-refractivity contribution is 0.706. The first-order valence-electron chi connectivity index (χ1n) is 4.07. The summed E-state index contributed by atoms with van der Waals surface area (Å²) in [4.78, 5) is 24.5. The number of halogens is 1. The van der Waals surface area contributed by atoms with Crippen molar-refractivity contribution in [1.82, 2.24) is 9.55 Å². The van der Waals surface area contributed by atoms with Gasteiger partial charge >= 0.3 is 5.69 Å². The van der Waals surface area contributed by atoms with Crippen LogP contribution in [0.4, 0.5) is 0 Å². The monoisotopic (exact) mass is 214 g/mol. The third kappa shape index (κ3) is 2.35. The van der Waals surface area contributed by atoms with Crippen LogP contribution in [-0.2, 0) is 6.54 Å². The second-order valence-corrected chi connectivity index (χ2v) is 3.35. The highest BCUT2D eigenvalue weighted by Gasteiger charge is 2.01. The second-order valence-electron chi connectivity index (χ2n) is 3.08. The summed E-state index contributed by atoms with van der Waals surface area (Å²) in [7, 11) is 0. The van der Waals surface area contributed by atoms with Gasteiger partial charge in [-0.2, -0.15) is 0 Å². The molecule has 0 aromatic carbocycles. The van der Waals surface area contributed by atoms with Gasteiger partial charge in [0.1, 0.15) is 0 Å². The van der Waals surface area contributed by atoms with E-state index in [-0.39, 0.29) is 5.56 Å². The molecule has 0 aliphatic heterocycles. The van der Waals surface area contributed by atoms with Gasteiger partial charge in [0.05, 0.1) is 0 Å². The van der Waals surface area contributed by atoms with Gasteiger partial charge in [-0.1, -0.05) is 6.58 Å². The molecule has 0 aliphatic rings. The molecule has 0 radical (unpaired) electrons. The molecule has 4 nitrogen and oxygen atoms in total. The minimum Gasteiger partial charge on any atom is -0.296 e. The highest BCUT2D eigenvalue weighted by atomic mass is 35.5. The van der Waals surface area contributed by atoms with Gasteiger partial charge in [-0.05, 0) is 12.5 Å². The lowest BCUT2D eigenvalue weighted by Gasteiger charge is -2.05. The summed E-state index contributed by atoms with van der Waals surface area (Å²) in [5.74, 6) is 0.296. The standard InChI is InChI=1S/C9H11ClN2O2/c1-6(3-10)4-12-5-7(2)8(13)11-9(12)14/h5H,1,3-4H2,2H3,(H,11,13,14). The molecule has 1 heterocycles. The lowest BCUT2D eigenvalue weighted by atomic mass is 10.3. The summed E-state index contributed by atoms with van der Waals surface area (Å²) in [6, 6.07) is 0. The fraction of sp³-hybridized carbons (Fsp3) is 0.333. The van der Waals surface area contributed by atoms with Gasteiger partial charge in [0.15, 0.2) is 0 Å². The third-order valence-corrected chi connectivity index (χ3v) is 2.15. The molecule has 0 fully saturated rings. The molecule has 1 aromatic rings. The number of H-pyrrole nitrogens is 1. The number of nitrogens with one attached hydrogen (secondary N) is 1. The van der Waals surface area contributed by atoms with E-state index >= 15 is 0 Å². The number of aromatic amines is 1. The highest BCUT2D eigenvalue weighted by molar-refractivity contribution is 6.19. The quantitative estimate of drug-likeness (QED) is 0.593. The Labute approximate surface area is 85.8 Å². The predicted molar refractivity (Wildman–Crippen MR) is 55.9 cm³/mol. The van der Waals surface area contributed by atoms with Crippen molar-refractivity contribution in [3.8, 4) is 0 Å². The van der Waals surface area contributed by atoms with E-state index in [4.69, 9.17) is 11.6 Å². The maximum absolute atomic E-state index is 11.3. The molecule has 0 saturated heterocycles. The van der Waals surface area contributed by atoms with E-state index in [0.717, 1.165) is 5.57 Å². The molecule has 0 unspecified atom stereocenters. The fourth-order valence-electron chi connectivity index (χ4n) is 1.02. The normalized spacial score (nSPS) is 10.1. The molecular formula is C9H11ClN2O2. The number of hydrogen-bond acceptors (Lipinski definition) is 2. The Morgan fingerprint density at radius 3 is 2.86 bits per heavy atom. The van der Waals surface area contributed by atoms with Crippen molar-refractivity contribution in [2.24, 2.45) is 0 Å². The largest absolute Gasteiger partial charge is 0.328 e. The molecule has 14 heavy (non-hydrogen) atoms. The van der Waals surface area contributed by atoms with Crippen molar-refractivity contribution < 1.29 is 0 Å². The van der Waals surface area contributed by atoms with Gasteiger partial charge in [-0.25, -0.2) is 4.79 Å². The molecule has 0 aliphatic carbocycles. The van der Waals surface area contributed by atoms with Crippen molar-refractivity contribution >= 4 is 11.6 Å². The van der Waals surface area contributed by atoms with Crippen LogP contribution in [0.25, 0.3) is 0 Å². The minimum absolute atomic E-state index is 0.296. The molecule has 5 heteroatoms. The molecule has 0 atom stereocenters. The van der Waals surface area contributed by atoms with E-state index < -0.39 is 5.69 Å². The number of alkyl halides is 1. The summed E-state index contributed by atoms with van der Waals surface area (Å²) < 4.78 is 1.38. The molecule has 0 spiro atoms. The van der Waals surface area contributed by atoms with Gasteiger partial charge < -0.3 is 0 Å². The molecule has 0 saturated carbocycles. The van der Waals surface area contributed by atoms with Crippen LogP contribution >= 0.6 is 11.6 Å². The van der Waals surface area contributed by atoms with Gasteiger partial charge in [-0.15, -0.1) is 11.6 Å². The predicted octanol–water partition coefficient (Wildman–Crippen LogP) is 0.640. The van der Waals surface area contributed by atoms with Crippen LogP contribution < -0.4 is 11.2 Å². The summed E-state index contributed by atoms with van der Waals surface area (Å²) >= 11 is 5.54. The smallest absolute Gasteiger partial charge is 0.296 e. The number of nitrogens with zero attached hydrogens (tertiary/aromatic N) is 1. The number of aromatic nitrogens is 2. The fourth-order valence-corrected chi connectivity index (χ4v) is 1.10. The minimum atomic E-state index is -0.438. The van der Waals surface area contributed by atoms with Crippen LogP contribution in [0.2, 0.25) is 0 Å². The number of aryl methyl sites for hydroxylation is 1.